The van der Waals surface area contributed by atoms with Gasteiger partial charge in [0.15, 0.2) is 0 Å². The van der Waals surface area contributed by atoms with Crippen molar-refractivity contribution in [1.29, 1.82) is 0 Å². The van der Waals surface area contributed by atoms with Gasteiger partial charge in [-0.3, -0.25) is 0 Å². The molecule has 0 aromatic heterocycles. The fourth-order valence-corrected chi connectivity index (χ4v) is 0.833. The Kier molecular flexibility index (Phi) is 8.04. The minimum absolute atomic E-state index is 0. The van der Waals surface area contributed by atoms with Crippen LogP contribution in [0.15, 0.2) is 25.3 Å². The smallest absolute Gasteiger partial charge is 0.0179 e. The first-order chi connectivity index (χ1) is 4.22. The molecule has 60 valence electrons. The zero-order chi connectivity index (χ0) is 7.28. The van der Waals surface area contributed by atoms with Crippen LogP contribution < -0.4 is 0 Å². The van der Waals surface area contributed by atoms with Crippen molar-refractivity contribution in [1.82, 2.24) is 0 Å². The Balaban J connectivity index is 0. The van der Waals surface area contributed by atoms with Crippen LogP contribution in [0.3, 0.4) is 0 Å². The third kappa shape index (κ3) is 4.37. The van der Waals surface area contributed by atoms with Crippen molar-refractivity contribution >= 4 is 0 Å². The fraction of sp³-hybridized carbons (Fsp3) is 0.600. The molecular formula is C10H20. The van der Waals surface area contributed by atoms with E-state index in [0.717, 1.165) is 6.42 Å². The maximum atomic E-state index is 3.75. The second kappa shape index (κ2) is 6.60. The molecule has 0 saturated heterocycles. The van der Waals surface area contributed by atoms with E-state index >= 15 is 0 Å². The van der Waals surface area contributed by atoms with E-state index in [4.69, 9.17) is 0 Å². The zero-order valence-corrected chi connectivity index (χ0v) is 6.43. The topological polar surface area (TPSA) is 0 Å². The van der Waals surface area contributed by atoms with Crippen molar-refractivity contribution < 1.29 is 0 Å². The quantitative estimate of drug-likeness (QED) is 0.523. The van der Waals surface area contributed by atoms with E-state index in [1.54, 1.807) is 0 Å². The van der Waals surface area contributed by atoms with Crippen LogP contribution in [0.5, 0.6) is 0 Å². The van der Waals surface area contributed by atoms with E-state index in [0.29, 0.717) is 11.8 Å². The predicted molar refractivity (Wildman–Crippen MR) is 50.1 cm³/mol. The normalized spacial score (nSPS) is 11.9. The van der Waals surface area contributed by atoms with E-state index in [2.05, 4.69) is 27.0 Å². The number of hydrogen-bond acceptors (Lipinski definition) is 0. The second-order valence-electron chi connectivity index (χ2n) is 2.67. The third-order valence-corrected chi connectivity index (χ3v) is 1.60. The summed E-state index contributed by atoms with van der Waals surface area (Å²) in [4.78, 5) is 0. The number of hydrogen-bond donors (Lipinski definition) is 0. The Hall–Kier alpha value is -0.520. The molecule has 0 aliphatic carbocycles. The number of rotatable bonds is 4. The van der Waals surface area contributed by atoms with Crippen molar-refractivity contribution in [3.05, 3.63) is 25.3 Å². The van der Waals surface area contributed by atoms with Crippen LogP contribution in [-0.2, 0) is 0 Å². The summed E-state index contributed by atoms with van der Waals surface area (Å²) in [5, 5.41) is 0. The monoisotopic (exact) mass is 140 g/mol. The molecule has 0 aromatic rings. The molecule has 0 heterocycles. The summed E-state index contributed by atoms with van der Waals surface area (Å²) in [6, 6.07) is 0. The van der Waals surface area contributed by atoms with Crippen LogP contribution in [-0.4, -0.2) is 0 Å². The molecule has 0 nitrogen and oxygen atoms in total. The largest absolute Gasteiger partial charge is 0.103 e. The molecule has 0 aromatic carbocycles. The summed E-state index contributed by atoms with van der Waals surface area (Å²) in [6.45, 7) is 11.8. The molecule has 0 aliphatic rings. The lowest BCUT2D eigenvalue weighted by Crippen LogP contribution is -2.02. The van der Waals surface area contributed by atoms with Crippen LogP contribution in [0.1, 0.15) is 27.7 Å². The minimum atomic E-state index is 0. The molecule has 0 heteroatoms. The molecular weight excluding hydrogens is 120 g/mol. The summed E-state index contributed by atoms with van der Waals surface area (Å²) in [7, 11) is 0. The minimum Gasteiger partial charge on any atom is -0.103 e. The lowest BCUT2D eigenvalue weighted by atomic mass is 9.93. The van der Waals surface area contributed by atoms with Gasteiger partial charge in [-0.2, -0.15) is 0 Å². The first-order valence-corrected chi connectivity index (χ1v) is 3.45. The van der Waals surface area contributed by atoms with Gasteiger partial charge in [-0.15, -0.1) is 13.2 Å². The Morgan fingerprint density at radius 3 is 1.90 bits per heavy atom. The zero-order valence-electron chi connectivity index (χ0n) is 6.43. The van der Waals surface area contributed by atoms with Gasteiger partial charge in [-0.05, 0) is 18.3 Å². The van der Waals surface area contributed by atoms with Crippen LogP contribution in [0.4, 0.5) is 0 Å². The van der Waals surface area contributed by atoms with Crippen LogP contribution >= 0.6 is 0 Å². The first kappa shape index (κ1) is 12.2. The van der Waals surface area contributed by atoms with Crippen molar-refractivity contribution in [3.63, 3.8) is 0 Å². The maximum Gasteiger partial charge on any atom is -0.0179 e. The Morgan fingerprint density at radius 1 is 1.30 bits per heavy atom. The fourth-order valence-electron chi connectivity index (χ4n) is 0.833. The number of allylic oxidation sites excluding steroid dienone is 2. The van der Waals surface area contributed by atoms with Crippen molar-refractivity contribution in [2.45, 2.75) is 27.7 Å². The highest BCUT2D eigenvalue weighted by Gasteiger charge is 2.05. The molecule has 0 rings (SSSR count). The van der Waals surface area contributed by atoms with Crippen LogP contribution in [0.2, 0.25) is 0 Å². The van der Waals surface area contributed by atoms with Gasteiger partial charge < -0.3 is 0 Å². The maximum absolute atomic E-state index is 3.75. The molecule has 0 saturated carbocycles. The molecule has 0 radical (unpaired) electrons. The van der Waals surface area contributed by atoms with Crippen molar-refractivity contribution in [2.75, 3.05) is 0 Å². The predicted octanol–water partition coefficient (Wildman–Crippen LogP) is 3.66. The van der Waals surface area contributed by atoms with Gasteiger partial charge in [0.1, 0.15) is 0 Å². The summed E-state index contributed by atoms with van der Waals surface area (Å²) in [5.41, 5.74) is 0. The molecule has 0 amide bonds. The van der Waals surface area contributed by atoms with Gasteiger partial charge in [0, 0.05) is 0 Å². The van der Waals surface area contributed by atoms with Gasteiger partial charge in [-0.1, -0.05) is 33.4 Å². The molecule has 10 heavy (non-hydrogen) atoms. The summed E-state index contributed by atoms with van der Waals surface area (Å²) in [5.74, 6) is 1.31. The van der Waals surface area contributed by atoms with Gasteiger partial charge in [0.05, 0.1) is 0 Å². The molecule has 1 atom stereocenters. The average molecular weight is 140 g/mol. The van der Waals surface area contributed by atoms with E-state index in [1.807, 2.05) is 12.2 Å². The standard InChI is InChI=1S/C9H16.CH4/c1-5-7-9(6-2)8(3)4;/h5-6,8-9H,1-2,7H2,3-4H3;1H4/t9-;/m0./s1. The van der Waals surface area contributed by atoms with Gasteiger partial charge in [0.25, 0.3) is 0 Å². The Morgan fingerprint density at radius 2 is 1.80 bits per heavy atom. The third-order valence-electron chi connectivity index (χ3n) is 1.60. The van der Waals surface area contributed by atoms with Gasteiger partial charge >= 0.3 is 0 Å². The van der Waals surface area contributed by atoms with Crippen LogP contribution in [0, 0.1) is 11.8 Å². The van der Waals surface area contributed by atoms with Gasteiger partial charge in [-0.25, -0.2) is 0 Å². The highest BCUT2D eigenvalue weighted by Crippen LogP contribution is 2.15. The lowest BCUT2D eigenvalue weighted by Gasteiger charge is -2.12. The van der Waals surface area contributed by atoms with Crippen LogP contribution in [0.25, 0.3) is 0 Å². The molecule has 0 fully saturated rings. The molecule has 0 unspecified atom stereocenters. The SMILES string of the molecule is C.C=CC[C@H](C=C)C(C)C. The highest BCUT2D eigenvalue weighted by atomic mass is 14.1. The second-order valence-corrected chi connectivity index (χ2v) is 2.67. The van der Waals surface area contributed by atoms with E-state index < -0.39 is 0 Å². The lowest BCUT2D eigenvalue weighted by molar-refractivity contribution is 0.471. The molecule has 0 spiro atoms. The Bertz CT molecular complexity index is 90.2. The first-order valence-electron chi connectivity index (χ1n) is 3.45. The molecule has 0 N–H and O–H groups in total. The molecule has 0 bridgehead atoms. The van der Waals surface area contributed by atoms with Gasteiger partial charge in [0.2, 0.25) is 0 Å². The van der Waals surface area contributed by atoms with E-state index in [1.165, 1.54) is 0 Å². The summed E-state index contributed by atoms with van der Waals surface area (Å²) >= 11 is 0. The van der Waals surface area contributed by atoms with Crippen molar-refractivity contribution in [3.8, 4) is 0 Å². The summed E-state index contributed by atoms with van der Waals surface area (Å²) < 4.78 is 0. The van der Waals surface area contributed by atoms with E-state index in [-0.39, 0.29) is 7.43 Å². The molecule has 0 aliphatic heterocycles. The summed E-state index contributed by atoms with van der Waals surface area (Å²) in [6.07, 6.45) is 5.01. The Labute approximate surface area is 65.7 Å². The average Bonchev–Trinajstić information content (AvgIpc) is 1.82. The van der Waals surface area contributed by atoms with Crippen molar-refractivity contribution in [2.24, 2.45) is 11.8 Å². The van der Waals surface area contributed by atoms with E-state index in [9.17, 15) is 0 Å². The highest BCUT2D eigenvalue weighted by molar-refractivity contribution is 4.86.